The summed E-state index contributed by atoms with van der Waals surface area (Å²) in [6.07, 6.45) is 4.66. The second kappa shape index (κ2) is 10.9. The lowest BCUT2D eigenvalue weighted by atomic mass is 10.0. The molecule has 2 N–H and O–H groups in total. The average Bonchev–Trinajstić information content (AvgIpc) is 3.52. The first-order chi connectivity index (χ1) is 18.1. The Labute approximate surface area is 221 Å². The normalized spacial score (nSPS) is 17.0. The molecular formula is C29H28FN5OS. The fourth-order valence-corrected chi connectivity index (χ4v) is 5.19. The number of rotatable bonds is 8. The van der Waals surface area contributed by atoms with Crippen LogP contribution in [0.1, 0.15) is 42.4 Å². The zero-order valence-electron chi connectivity index (χ0n) is 20.5. The van der Waals surface area contributed by atoms with Crippen LogP contribution < -0.4 is 10.6 Å². The third-order valence-electron chi connectivity index (χ3n) is 6.65. The number of carbonyl (C=O) groups is 1. The molecule has 3 heterocycles. The predicted octanol–water partition coefficient (Wildman–Crippen LogP) is 5.58. The standard InChI is InChI=1S/C29H28FN5OS/c1-2-20-10-3-5-12-22(20)32-26(36)16-19-35-28(27(33-29(35)37)23-13-7-8-17-31-23)25-15-9-18-34(25)24-14-6-4-11-21(24)30/h3-15,17-18,27-28H,2,16,19H2,1H3,(H,32,36)(H,33,37)/t27-,28-/m0/s1. The minimum absolute atomic E-state index is 0.0896. The number of aryl methyl sites for hydroxylation is 1. The third kappa shape index (κ3) is 5.11. The van der Waals surface area contributed by atoms with Gasteiger partial charge in [-0.2, -0.15) is 0 Å². The van der Waals surface area contributed by atoms with Gasteiger partial charge in [0.05, 0.1) is 23.5 Å². The lowest BCUT2D eigenvalue weighted by Crippen LogP contribution is -2.33. The van der Waals surface area contributed by atoms with Crippen LogP contribution in [0, 0.1) is 5.82 Å². The molecule has 1 aliphatic heterocycles. The molecule has 2 aromatic heterocycles. The van der Waals surface area contributed by atoms with Crippen LogP contribution >= 0.6 is 12.2 Å². The molecule has 0 saturated carbocycles. The molecule has 1 saturated heterocycles. The maximum atomic E-state index is 14.8. The quantitative estimate of drug-likeness (QED) is 0.302. The summed E-state index contributed by atoms with van der Waals surface area (Å²) in [5.41, 5.74) is 4.04. The Morgan fingerprint density at radius 1 is 1.05 bits per heavy atom. The Morgan fingerprint density at radius 3 is 2.62 bits per heavy atom. The smallest absolute Gasteiger partial charge is 0.226 e. The molecule has 0 radical (unpaired) electrons. The van der Waals surface area contributed by atoms with E-state index in [1.807, 2.05) is 76.3 Å². The zero-order valence-corrected chi connectivity index (χ0v) is 21.3. The Bertz CT molecular complexity index is 1410. The van der Waals surface area contributed by atoms with Crippen molar-refractivity contribution in [3.05, 3.63) is 114 Å². The largest absolute Gasteiger partial charge is 0.352 e. The molecular weight excluding hydrogens is 485 g/mol. The van der Waals surface area contributed by atoms with Gasteiger partial charge in [0.2, 0.25) is 5.91 Å². The van der Waals surface area contributed by atoms with Crippen LogP contribution in [-0.4, -0.2) is 32.0 Å². The van der Waals surface area contributed by atoms with Crippen LogP contribution in [0.3, 0.4) is 0 Å². The molecule has 0 unspecified atom stereocenters. The number of nitrogens with zero attached hydrogens (tertiary/aromatic N) is 3. The highest BCUT2D eigenvalue weighted by Crippen LogP contribution is 2.39. The van der Waals surface area contributed by atoms with E-state index in [0.717, 1.165) is 29.1 Å². The van der Waals surface area contributed by atoms with E-state index in [9.17, 15) is 9.18 Å². The average molecular weight is 514 g/mol. The molecule has 0 spiro atoms. The number of halogens is 1. The van der Waals surface area contributed by atoms with Gasteiger partial charge < -0.3 is 20.1 Å². The minimum atomic E-state index is -0.316. The van der Waals surface area contributed by atoms with Gasteiger partial charge in [0.25, 0.3) is 0 Å². The van der Waals surface area contributed by atoms with Crippen LogP contribution in [0.2, 0.25) is 0 Å². The first-order valence-electron chi connectivity index (χ1n) is 12.3. The second-order valence-corrected chi connectivity index (χ2v) is 9.27. The topological polar surface area (TPSA) is 62.2 Å². The number of benzene rings is 2. The summed E-state index contributed by atoms with van der Waals surface area (Å²) >= 11 is 5.75. The lowest BCUT2D eigenvalue weighted by Gasteiger charge is -2.29. The fraction of sp³-hybridized carbons (Fsp3) is 0.207. The van der Waals surface area contributed by atoms with E-state index < -0.39 is 0 Å². The summed E-state index contributed by atoms with van der Waals surface area (Å²) in [6.45, 7) is 2.45. The number of thiocarbonyl (C=S) groups is 1. The number of aromatic nitrogens is 2. The van der Waals surface area contributed by atoms with Gasteiger partial charge in [-0.3, -0.25) is 9.78 Å². The van der Waals surface area contributed by atoms with Gasteiger partial charge in [-0.05, 0) is 66.7 Å². The molecule has 37 heavy (non-hydrogen) atoms. The van der Waals surface area contributed by atoms with Gasteiger partial charge >= 0.3 is 0 Å². The summed E-state index contributed by atoms with van der Waals surface area (Å²) in [5, 5.41) is 6.97. The Hall–Kier alpha value is -4.04. The molecule has 8 heteroatoms. The van der Waals surface area contributed by atoms with Crippen LogP contribution in [-0.2, 0) is 11.2 Å². The highest BCUT2D eigenvalue weighted by Gasteiger charge is 2.41. The molecule has 2 aromatic carbocycles. The van der Waals surface area contributed by atoms with E-state index in [-0.39, 0.29) is 30.2 Å². The van der Waals surface area contributed by atoms with Crippen molar-refractivity contribution in [3.8, 4) is 5.69 Å². The van der Waals surface area contributed by atoms with Crippen LogP contribution in [0.25, 0.3) is 5.69 Å². The number of carbonyl (C=O) groups excluding carboxylic acids is 1. The van der Waals surface area contributed by atoms with Gasteiger partial charge in [0.15, 0.2) is 5.11 Å². The predicted molar refractivity (Wildman–Crippen MR) is 147 cm³/mol. The summed E-state index contributed by atoms with van der Waals surface area (Å²) in [6, 6.07) is 23.5. The summed E-state index contributed by atoms with van der Waals surface area (Å²) in [5.74, 6) is -0.406. The Kier molecular flexibility index (Phi) is 7.28. The lowest BCUT2D eigenvalue weighted by molar-refractivity contribution is -0.116. The van der Waals surface area contributed by atoms with Crippen molar-refractivity contribution in [2.75, 3.05) is 11.9 Å². The molecule has 1 fully saturated rings. The number of hydrogen-bond acceptors (Lipinski definition) is 3. The number of amides is 1. The van der Waals surface area contributed by atoms with Crippen molar-refractivity contribution in [2.45, 2.75) is 31.8 Å². The molecule has 2 atom stereocenters. The Balaban J connectivity index is 1.45. The van der Waals surface area contributed by atoms with Gasteiger partial charge in [0.1, 0.15) is 5.82 Å². The van der Waals surface area contributed by atoms with Crippen molar-refractivity contribution < 1.29 is 9.18 Å². The fourth-order valence-electron chi connectivity index (χ4n) is 4.85. The number of hydrogen-bond donors (Lipinski definition) is 2. The van der Waals surface area contributed by atoms with Gasteiger partial charge in [0, 0.05) is 36.7 Å². The second-order valence-electron chi connectivity index (χ2n) is 8.88. The van der Waals surface area contributed by atoms with Crippen molar-refractivity contribution in [1.82, 2.24) is 19.8 Å². The van der Waals surface area contributed by atoms with Crippen molar-refractivity contribution in [2.24, 2.45) is 0 Å². The van der Waals surface area contributed by atoms with Crippen LogP contribution in [0.15, 0.2) is 91.3 Å². The van der Waals surface area contributed by atoms with Gasteiger partial charge in [-0.1, -0.05) is 43.3 Å². The van der Waals surface area contributed by atoms with E-state index in [1.165, 1.54) is 6.07 Å². The number of pyridine rings is 1. The van der Waals surface area contributed by atoms with Crippen molar-refractivity contribution in [1.29, 1.82) is 0 Å². The van der Waals surface area contributed by atoms with E-state index in [1.54, 1.807) is 18.3 Å². The van der Waals surface area contributed by atoms with Crippen molar-refractivity contribution in [3.63, 3.8) is 0 Å². The SMILES string of the molecule is CCc1ccccc1NC(=O)CCN1C(=S)N[C@@H](c2ccccn2)[C@@H]1c1cccn1-c1ccccc1F. The number of anilines is 1. The minimum Gasteiger partial charge on any atom is -0.352 e. The summed E-state index contributed by atoms with van der Waals surface area (Å²) in [7, 11) is 0. The molecule has 6 nitrogen and oxygen atoms in total. The maximum absolute atomic E-state index is 14.8. The monoisotopic (exact) mass is 513 g/mol. The Morgan fingerprint density at radius 2 is 1.84 bits per heavy atom. The molecule has 1 aliphatic rings. The number of para-hydroxylation sites is 2. The highest BCUT2D eigenvalue weighted by atomic mass is 32.1. The molecule has 4 aromatic rings. The molecule has 188 valence electrons. The maximum Gasteiger partial charge on any atom is 0.226 e. The van der Waals surface area contributed by atoms with E-state index in [4.69, 9.17) is 12.2 Å². The zero-order chi connectivity index (χ0) is 25.8. The third-order valence-corrected chi connectivity index (χ3v) is 7.00. The van der Waals surface area contributed by atoms with E-state index in [2.05, 4.69) is 22.5 Å². The van der Waals surface area contributed by atoms with Crippen LogP contribution in [0.5, 0.6) is 0 Å². The molecule has 5 rings (SSSR count). The summed E-state index contributed by atoms with van der Waals surface area (Å²) in [4.78, 5) is 19.5. The molecule has 0 bridgehead atoms. The first kappa shape index (κ1) is 24.6. The highest BCUT2D eigenvalue weighted by molar-refractivity contribution is 7.80. The van der Waals surface area contributed by atoms with E-state index >= 15 is 0 Å². The molecule has 1 amide bonds. The summed E-state index contributed by atoms with van der Waals surface area (Å²) < 4.78 is 16.6. The van der Waals surface area contributed by atoms with Crippen LogP contribution in [0.4, 0.5) is 10.1 Å². The van der Waals surface area contributed by atoms with E-state index in [0.29, 0.717) is 17.3 Å². The van der Waals surface area contributed by atoms with Gasteiger partial charge in [-0.15, -0.1) is 0 Å². The molecule has 0 aliphatic carbocycles. The van der Waals surface area contributed by atoms with Crippen molar-refractivity contribution >= 4 is 28.9 Å². The van der Waals surface area contributed by atoms with Gasteiger partial charge in [-0.25, -0.2) is 4.39 Å². The first-order valence-corrected chi connectivity index (χ1v) is 12.8. The number of nitrogens with one attached hydrogen (secondary N) is 2.